The lowest BCUT2D eigenvalue weighted by Crippen LogP contribution is -2.01. The van der Waals surface area contributed by atoms with Crippen molar-refractivity contribution < 1.29 is 0 Å². The molecule has 0 amide bonds. The van der Waals surface area contributed by atoms with Gasteiger partial charge in [-0.3, -0.25) is 0 Å². The first kappa shape index (κ1) is 35.2. The van der Waals surface area contributed by atoms with Gasteiger partial charge in [0.05, 0.1) is 38.8 Å². The van der Waals surface area contributed by atoms with Crippen molar-refractivity contribution in [1.29, 1.82) is 0 Å². The topological polar surface area (TPSA) is 53.5 Å². The molecule has 63 heavy (non-hydrogen) atoms. The summed E-state index contributed by atoms with van der Waals surface area (Å²) in [5.74, 6) is 1.89. The number of hydrogen-bond donors (Lipinski definition) is 0. The van der Waals surface area contributed by atoms with Gasteiger partial charge in [-0.1, -0.05) is 164 Å². The number of fused-ring (bicyclic) bond motifs is 10. The number of hydrogen-bond acceptors (Lipinski definition) is 3. The van der Waals surface area contributed by atoms with Crippen molar-refractivity contribution in [2.45, 2.75) is 0 Å². The lowest BCUT2D eigenvalue weighted by atomic mass is 10.0. The molecule has 0 saturated heterocycles. The van der Waals surface area contributed by atoms with E-state index < -0.39 is 0 Å². The van der Waals surface area contributed by atoms with Crippen molar-refractivity contribution in [2.24, 2.45) is 0 Å². The average molecular weight is 805 g/mol. The molecule has 0 aliphatic carbocycles. The van der Waals surface area contributed by atoms with Crippen LogP contribution in [0.1, 0.15) is 0 Å². The second kappa shape index (κ2) is 14.0. The third-order valence-electron chi connectivity index (χ3n) is 12.5. The fourth-order valence-electron chi connectivity index (χ4n) is 9.85. The lowest BCUT2D eigenvalue weighted by Gasteiger charge is -2.14. The summed E-state index contributed by atoms with van der Waals surface area (Å²) < 4.78 is 7.34. The molecule has 0 atom stereocenters. The van der Waals surface area contributed by atoms with E-state index in [9.17, 15) is 0 Å². The molecule has 0 saturated carbocycles. The molecule has 0 fully saturated rings. The SMILES string of the molecule is c1ccc(-c2nc(-c3ccccc3)nc(-c3cccc4c3c3cccc(-n5c6ccccc6c6c5ccc5c7ccccc7n(-c7ccccc7)c56)c3n4-c3ccccc3)n2)cc1. The Morgan fingerprint density at radius 2 is 0.746 bits per heavy atom. The molecule has 4 aromatic heterocycles. The molecule has 0 bridgehead atoms. The molecule has 4 heterocycles. The van der Waals surface area contributed by atoms with Gasteiger partial charge in [-0.25, -0.2) is 15.0 Å². The van der Waals surface area contributed by atoms with Crippen LogP contribution in [0.4, 0.5) is 0 Å². The quantitative estimate of drug-likeness (QED) is 0.168. The Morgan fingerprint density at radius 1 is 0.270 bits per heavy atom. The molecule has 13 rings (SSSR count). The van der Waals surface area contributed by atoms with E-state index in [0.29, 0.717) is 17.5 Å². The maximum Gasteiger partial charge on any atom is 0.164 e. The molecule has 0 aliphatic rings. The zero-order chi connectivity index (χ0) is 41.4. The van der Waals surface area contributed by atoms with Gasteiger partial charge in [-0.2, -0.15) is 0 Å². The van der Waals surface area contributed by atoms with E-state index in [2.05, 4.69) is 196 Å². The molecule has 0 unspecified atom stereocenters. The van der Waals surface area contributed by atoms with E-state index in [1.165, 1.54) is 32.6 Å². The fourth-order valence-corrected chi connectivity index (χ4v) is 9.85. The minimum atomic E-state index is 0.624. The van der Waals surface area contributed by atoms with Crippen LogP contribution >= 0.6 is 0 Å². The van der Waals surface area contributed by atoms with E-state index >= 15 is 0 Å². The molecule has 294 valence electrons. The highest BCUT2D eigenvalue weighted by molar-refractivity contribution is 6.27. The van der Waals surface area contributed by atoms with Crippen LogP contribution in [0.5, 0.6) is 0 Å². The van der Waals surface area contributed by atoms with Crippen LogP contribution in [0, 0.1) is 0 Å². The highest BCUT2D eigenvalue weighted by Crippen LogP contribution is 2.45. The van der Waals surface area contributed by atoms with Gasteiger partial charge in [0.2, 0.25) is 0 Å². The van der Waals surface area contributed by atoms with Crippen molar-refractivity contribution in [1.82, 2.24) is 28.7 Å². The minimum absolute atomic E-state index is 0.624. The van der Waals surface area contributed by atoms with E-state index in [0.717, 1.165) is 66.6 Å². The predicted octanol–water partition coefficient (Wildman–Crippen LogP) is 14.2. The van der Waals surface area contributed by atoms with E-state index in [1.54, 1.807) is 0 Å². The molecule has 0 spiro atoms. The third kappa shape index (κ3) is 5.35. The summed E-state index contributed by atoms with van der Waals surface area (Å²) in [5, 5.41) is 7.07. The van der Waals surface area contributed by atoms with E-state index in [1.807, 2.05) is 36.4 Å². The first-order valence-corrected chi connectivity index (χ1v) is 21.3. The van der Waals surface area contributed by atoms with Crippen LogP contribution in [0.15, 0.2) is 218 Å². The monoisotopic (exact) mass is 804 g/mol. The van der Waals surface area contributed by atoms with Gasteiger partial charge in [0.15, 0.2) is 17.5 Å². The number of aromatic nitrogens is 6. The summed E-state index contributed by atoms with van der Waals surface area (Å²) in [7, 11) is 0. The van der Waals surface area contributed by atoms with Crippen molar-refractivity contribution in [3.63, 3.8) is 0 Å². The van der Waals surface area contributed by atoms with Gasteiger partial charge < -0.3 is 13.7 Å². The number of nitrogens with zero attached hydrogens (tertiary/aromatic N) is 6. The Hall–Kier alpha value is -8.61. The van der Waals surface area contributed by atoms with Crippen LogP contribution in [-0.4, -0.2) is 28.7 Å². The van der Waals surface area contributed by atoms with E-state index in [-0.39, 0.29) is 0 Å². The summed E-state index contributed by atoms with van der Waals surface area (Å²) in [6, 6.07) is 77.3. The molecule has 0 radical (unpaired) electrons. The first-order valence-electron chi connectivity index (χ1n) is 21.3. The zero-order valence-corrected chi connectivity index (χ0v) is 34.0. The molecule has 6 nitrogen and oxygen atoms in total. The Kier molecular flexibility index (Phi) is 7.80. The minimum Gasteiger partial charge on any atom is -0.309 e. The molecule has 6 heteroatoms. The van der Waals surface area contributed by atoms with Gasteiger partial charge in [-0.05, 0) is 54.6 Å². The predicted molar refractivity (Wildman–Crippen MR) is 259 cm³/mol. The molecular formula is C57H36N6. The zero-order valence-electron chi connectivity index (χ0n) is 34.0. The summed E-state index contributed by atoms with van der Waals surface area (Å²) >= 11 is 0. The molecule has 9 aromatic carbocycles. The van der Waals surface area contributed by atoms with Crippen LogP contribution in [0.2, 0.25) is 0 Å². The largest absolute Gasteiger partial charge is 0.309 e. The highest BCUT2D eigenvalue weighted by Gasteiger charge is 2.25. The van der Waals surface area contributed by atoms with Crippen molar-refractivity contribution in [3.05, 3.63) is 218 Å². The summed E-state index contributed by atoms with van der Waals surface area (Å²) in [6.45, 7) is 0. The van der Waals surface area contributed by atoms with Crippen molar-refractivity contribution in [2.75, 3.05) is 0 Å². The summed E-state index contributed by atoms with van der Waals surface area (Å²) in [5.41, 5.74) is 12.9. The van der Waals surface area contributed by atoms with Crippen LogP contribution < -0.4 is 0 Å². The van der Waals surface area contributed by atoms with Gasteiger partial charge in [-0.15, -0.1) is 0 Å². The van der Waals surface area contributed by atoms with Crippen LogP contribution in [0.3, 0.4) is 0 Å². The van der Waals surface area contributed by atoms with Crippen molar-refractivity contribution >= 4 is 65.4 Å². The third-order valence-corrected chi connectivity index (χ3v) is 12.5. The highest BCUT2D eigenvalue weighted by atomic mass is 15.1. The molecule has 0 N–H and O–H groups in total. The van der Waals surface area contributed by atoms with Gasteiger partial charge in [0.1, 0.15) is 0 Å². The average Bonchev–Trinajstić information content (AvgIpc) is 4.01. The lowest BCUT2D eigenvalue weighted by molar-refractivity contribution is 1.08. The van der Waals surface area contributed by atoms with E-state index in [4.69, 9.17) is 15.0 Å². The summed E-state index contributed by atoms with van der Waals surface area (Å²) in [4.78, 5) is 15.5. The second-order valence-corrected chi connectivity index (χ2v) is 16.0. The smallest absolute Gasteiger partial charge is 0.164 e. The van der Waals surface area contributed by atoms with Crippen molar-refractivity contribution in [3.8, 4) is 51.2 Å². The van der Waals surface area contributed by atoms with Gasteiger partial charge in [0.25, 0.3) is 0 Å². The number of rotatable bonds is 6. The Morgan fingerprint density at radius 3 is 1.40 bits per heavy atom. The Bertz CT molecular complexity index is 3830. The second-order valence-electron chi connectivity index (χ2n) is 16.0. The van der Waals surface area contributed by atoms with Gasteiger partial charge in [0, 0.05) is 60.4 Å². The first-order chi connectivity index (χ1) is 31.3. The molecule has 13 aromatic rings. The van der Waals surface area contributed by atoms with Gasteiger partial charge >= 0.3 is 0 Å². The van der Waals surface area contributed by atoms with Crippen LogP contribution in [-0.2, 0) is 0 Å². The Balaban J connectivity index is 1.15. The number of para-hydroxylation sites is 5. The fraction of sp³-hybridized carbons (Fsp3) is 0. The number of benzene rings is 9. The molecular weight excluding hydrogens is 769 g/mol. The maximum atomic E-state index is 5.23. The standard InChI is InChI=1S/C57H36N6/c1-5-19-37(20-6-1)55-58-56(38-21-7-2-8-22-38)60-57(59-55)45-30-18-33-48-51(45)44-29-17-34-50(53(44)62(48)40-25-11-4-12-26-40)63-47-32-16-14-28-43(47)52-49(63)36-35-42-41-27-13-15-31-46(41)61(54(42)52)39-23-9-3-10-24-39/h1-36H. The molecule has 0 aliphatic heterocycles. The normalized spacial score (nSPS) is 11.8. The van der Waals surface area contributed by atoms with Crippen LogP contribution in [0.25, 0.3) is 117 Å². The summed E-state index contributed by atoms with van der Waals surface area (Å²) in [6.07, 6.45) is 0. The maximum absolute atomic E-state index is 5.23. The Labute approximate surface area is 362 Å².